The minimum absolute atomic E-state index is 0.105. The van der Waals surface area contributed by atoms with Crippen molar-refractivity contribution in [2.75, 3.05) is 46.1 Å². The minimum atomic E-state index is -0.666. The van der Waals surface area contributed by atoms with Gasteiger partial charge in [0.25, 0.3) is 5.91 Å². The number of aryl methyl sites for hydroxylation is 1. The quantitative estimate of drug-likeness (QED) is 0.326. The second kappa shape index (κ2) is 10.7. The van der Waals surface area contributed by atoms with Gasteiger partial charge in [-0.1, -0.05) is 12.1 Å². The van der Waals surface area contributed by atoms with Crippen molar-refractivity contribution in [2.24, 2.45) is 18.7 Å². The van der Waals surface area contributed by atoms with Crippen LogP contribution in [-0.2, 0) is 24.8 Å². The average molecular weight is 561 g/mol. The van der Waals surface area contributed by atoms with Crippen LogP contribution in [0.2, 0.25) is 0 Å². The third kappa shape index (κ3) is 4.98. The van der Waals surface area contributed by atoms with Crippen molar-refractivity contribution in [2.45, 2.75) is 37.9 Å². The Bertz CT molecular complexity index is 1600. The highest BCUT2D eigenvalue weighted by molar-refractivity contribution is 6.01. The monoisotopic (exact) mass is 560 g/mol. The summed E-state index contributed by atoms with van der Waals surface area (Å²) in [5, 5.41) is 4.59. The van der Waals surface area contributed by atoms with E-state index in [4.69, 9.17) is 20.2 Å². The highest BCUT2D eigenvalue weighted by Gasteiger charge is 2.29. The molecule has 216 valence electrons. The van der Waals surface area contributed by atoms with E-state index in [2.05, 4.69) is 32.7 Å². The number of hydrogen-bond donors (Lipinski definition) is 2. The molecule has 0 radical (unpaired) electrons. The van der Waals surface area contributed by atoms with Gasteiger partial charge in [0.15, 0.2) is 5.82 Å². The van der Waals surface area contributed by atoms with Gasteiger partial charge >= 0.3 is 0 Å². The van der Waals surface area contributed by atoms with Crippen LogP contribution in [0.3, 0.4) is 0 Å². The molecule has 4 heterocycles. The van der Waals surface area contributed by atoms with Gasteiger partial charge in [-0.25, -0.2) is 9.37 Å². The van der Waals surface area contributed by atoms with Gasteiger partial charge in [-0.2, -0.15) is 0 Å². The van der Waals surface area contributed by atoms with Gasteiger partial charge in [-0.05, 0) is 55.0 Å². The van der Waals surface area contributed by atoms with E-state index in [1.165, 1.54) is 12.8 Å². The summed E-state index contributed by atoms with van der Waals surface area (Å²) in [6.07, 6.45) is 3.16. The van der Waals surface area contributed by atoms with Crippen LogP contribution in [0.5, 0.6) is 5.75 Å². The average Bonchev–Trinajstić information content (AvgIpc) is 3.67. The summed E-state index contributed by atoms with van der Waals surface area (Å²) in [6.45, 7) is 3.79. The van der Waals surface area contributed by atoms with E-state index >= 15 is 0 Å². The molecule has 2 atom stereocenters. The fourth-order valence-electron chi connectivity index (χ4n) is 6.21. The fourth-order valence-corrected chi connectivity index (χ4v) is 6.21. The number of hydrogen-bond acceptors (Lipinski definition) is 6. The van der Waals surface area contributed by atoms with Crippen LogP contribution in [0.25, 0.3) is 33.5 Å². The third-order valence-corrected chi connectivity index (χ3v) is 8.62. The van der Waals surface area contributed by atoms with Crippen LogP contribution in [-0.4, -0.2) is 83.1 Å². The van der Waals surface area contributed by atoms with Gasteiger partial charge in [0, 0.05) is 44.2 Å². The molecule has 7 rings (SSSR count). The molecule has 1 saturated carbocycles. The zero-order chi connectivity index (χ0) is 28.1. The number of para-hydroxylation sites is 1. The highest BCUT2D eigenvalue weighted by atomic mass is 19.1. The molecule has 9 nitrogen and oxygen atoms in total. The van der Waals surface area contributed by atoms with Crippen LogP contribution in [0.15, 0.2) is 36.4 Å². The Morgan fingerprint density at radius 1 is 1.27 bits per heavy atom. The first-order valence-electron chi connectivity index (χ1n) is 14.7. The predicted octanol–water partition coefficient (Wildman–Crippen LogP) is 3.27. The van der Waals surface area contributed by atoms with E-state index in [9.17, 15) is 9.18 Å². The largest absolute Gasteiger partial charge is 0.490 e. The number of carbonyl (C=O) groups excluding carboxylic acids is 1. The van der Waals surface area contributed by atoms with E-state index in [0.717, 1.165) is 64.5 Å². The number of alkyl halides is 1. The van der Waals surface area contributed by atoms with Crippen LogP contribution < -0.4 is 15.8 Å². The molecule has 2 aromatic heterocycles. The summed E-state index contributed by atoms with van der Waals surface area (Å²) < 4.78 is 29.6. The molecule has 41 heavy (non-hydrogen) atoms. The molecule has 3 N–H and O–H groups in total. The van der Waals surface area contributed by atoms with E-state index in [1.54, 1.807) is 4.90 Å². The van der Waals surface area contributed by atoms with Gasteiger partial charge in [0.1, 0.15) is 19.0 Å². The van der Waals surface area contributed by atoms with Crippen LogP contribution in [0.4, 0.5) is 4.39 Å². The summed E-state index contributed by atoms with van der Waals surface area (Å²) in [4.78, 5) is 20.0. The van der Waals surface area contributed by atoms with Gasteiger partial charge < -0.3 is 34.6 Å². The zero-order valence-electron chi connectivity index (χ0n) is 23.4. The number of amides is 1. The zero-order valence-corrected chi connectivity index (χ0v) is 23.4. The maximum absolute atomic E-state index is 13.3. The maximum atomic E-state index is 13.3. The molecule has 1 unspecified atom stereocenters. The Labute approximate surface area is 238 Å². The smallest absolute Gasteiger partial charge is 0.254 e. The molecule has 1 amide bonds. The number of rotatable bonds is 9. The Balaban J connectivity index is 1.27. The van der Waals surface area contributed by atoms with Gasteiger partial charge in [0.05, 0.1) is 47.5 Å². The Morgan fingerprint density at radius 2 is 2.15 bits per heavy atom. The van der Waals surface area contributed by atoms with Gasteiger partial charge in [0.2, 0.25) is 0 Å². The van der Waals surface area contributed by atoms with Crippen molar-refractivity contribution >= 4 is 27.8 Å². The molecule has 3 aliphatic rings. The molecule has 2 aliphatic heterocycles. The number of benzene rings is 2. The molecular formula is C31H37FN6O3. The maximum Gasteiger partial charge on any atom is 0.254 e. The molecular weight excluding hydrogens is 523 g/mol. The topological polar surface area (TPSA) is 99.6 Å². The number of nitrogens with two attached hydrogens (primary N) is 1. The highest BCUT2D eigenvalue weighted by Crippen LogP contribution is 2.39. The van der Waals surface area contributed by atoms with Crippen LogP contribution in [0.1, 0.15) is 28.8 Å². The van der Waals surface area contributed by atoms with Crippen LogP contribution >= 0.6 is 0 Å². The van der Waals surface area contributed by atoms with Crippen molar-refractivity contribution in [3.8, 4) is 17.3 Å². The van der Waals surface area contributed by atoms with Gasteiger partial charge in [-0.3, -0.25) is 4.79 Å². The first-order chi connectivity index (χ1) is 20.0. The number of carbonyl (C=O) groups is 1. The summed E-state index contributed by atoms with van der Waals surface area (Å²) >= 11 is 0. The predicted molar refractivity (Wildman–Crippen MR) is 156 cm³/mol. The Kier molecular flexibility index (Phi) is 6.92. The first kappa shape index (κ1) is 26.4. The molecule has 4 aromatic rings. The number of nitrogens with zero attached hydrogens (tertiary/aromatic N) is 4. The SMILES string of the molecule is Cn1c(-c2cc3cccc(OC[C@@H]4COCCN4)c3n2CC2CC2)nc2cc3c(cc21)CCN(CC(N)CF)C3=O. The lowest BCUT2D eigenvalue weighted by Gasteiger charge is -2.30. The van der Waals surface area contributed by atoms with Crippen molar-refractivity contribution in [3.05, 3.63) is 47.5 Å². The Hall–Kier alpha value is -3.47. The third-order valence-electron chi connectivity index (χ3n) is 8.62. The van der Waals surface area contributed by atoms with E-state index in [-0.39, 0.29) is 18.5 Å². The molecule has 2 fully saturated rings. The molecule has 10 heteroatoms. The number of imidazole rings is 1. The molecule has 2 aromatic carbocycles. The van der Waals surface area contributed by atoms with Crippen molar-refractivity contribution in [3.63, 3.8) is 0 Å². The van der Waals surface area contributed by atoms with Crippen molar-refractivity contribution in [1.29, 1.82) is 0 Å². The Morgan fingerprint density at radius 3 is 2.93 bits per heavy atom. The number of aromatic nitrogens is 3. The normalized spacial score (nSPS) is 20.1. The number of halogens is 1. The number of ether oxygens (including phenoxy) is 2. The van der Waals surface area contributed by atoms with E-state index in [1.807, 2.05) is 25.2 Å². The summed E-state index contributed by atoms with van der Waals surface area (Å²) in [5.41, 5.74) is 11.3. The van der Waals surface area contributed by atoms with Crippen molar-refractivity contribution in [1.82, 2.24) is 24.3 Å². The molecule has 0 spiro atoms. The van der Waals surface area contributed by atoms with E-state index in [0.29, 0.717) is 37.7 Å². The van der Waals surface area contributed by atoms with Gasteiger partial charge in [-0.15, -0.1) is 0 Å². The summed E-state index contributed by atoms with van der Waals surface area (Å²) in [6, 6.07) is 11.9. The standard InChI is InChI=1S/C31H37FN6O3/c1-36-26-11-20-7-9-37(16-22(33)14-32)31(39)24(20)13-25(26)35-30(36)27-12-21-3-2-4-28(29(21)38(27)15-19-5-6-19)41-18-23-17-40-10-8-34-23/h2-4,11-13,19,22-23,34H,5-10,14-18,33H2,1H3/t22?,23-/m0/s1. The second-order valence-electron chi connectivity index (χ2n) is 11.7. The lowest BCUT2D eigenvalue weighted by Crippen LogP contribution is -2.45. The summed E-state index contributed by atoms with van der Waals surface area (Å²) in [5.74, 6) is 2.27. The second-order valence-corrected chi connectivity index (χ2v) is 11.7. The van der Waals surface area contributed by atoms with Crippen LogP contribution in [0, 0.1) is 5.92 Å². The molecule has 1 saturated heterocycles. The molecule has 0 bridgehead atoms. The van der Waals surface area contributed by atoms with E-state index < -0.39 is 12.7 Å². The lowest BCUT2D eigenvalue weighted by molar-refractivity contribution is 0.0594. The fraction of sp³-hybridized carbons (Fsp3) is 0.484. The lowest BCUT2D eigenvalue weighted by atomic mass is 9.97. The molecule has 1 aliphatic carbocycles. The number of fused-ring (bicyclic) bond motifs is 3. The first-order valence-corrected chi connectivity index (χ1v) is 14.7. The number of morpholine rings is 1. The minimum Gasteiger partial charge on any atom is -0.490 e. The summed E-state index contributed by atoms with van der Waals surface area (Å²) in [7, 11) is 2.04. The van der Waals surface area contributed by atoms with Crippen molar-refractivity contribution < 1.29 is 18.7 Å². The number of nitrogens with one attached hydrogen (secondary N) is 1.